The molecule has 0 spiro atoms. The van der Waals surface area contributed by atoms with Crippen molar-refractivity contribution in [2.75, 3.05) is 50.6 Å². The van der Waals surface area contributed by atoms with Crippen molar-refractivity contribution >= 4 is 27.3 Å². The molecule has 0 bridgehead atoms. The summed E-state index contributed by atoms with van der Waals surface area (Å²) in [6.07, 6.45) is 0. The van der Waals surface area contributed by atoms with Gasteiger partial charge in [0.05, 0.1) is 23.7 Å². The number of benzene rings is 2. The molecule has 8 heteroatoms. The number of hydrogen-bond donors (Lipinski definition) is 1. The minimum atomic E-state index is -3.66. The summed E-state index contributed by atoms with van der Waals surface area (Å²) < 4.78 is 31.7. The minimum absolute atomic E-state index is 0.0877. The molecule has 1 heterocycles. The summed E-state index contributed by atoms with van der Waals surface area (Å²) in [5, 5.41) is 2.91. The first-order valence-corrected chi connectivity index (χ1v) is 10.9. The van der Waals surface area contributed by atoms with Gasteiger partial charge in [0, 0.05) is 38.6 Å². The molecule has 2 aromatic rings. The summed E-state index contributed by atoms with van der Waals surface area (Å²) >= 11 is 0. The minimum Gasteiger partial charge on any atom is -0.378 e. The van der Waals surface area contributed by atoms with Crippen molar-refractivity contribution in [3.63, 3.8) is 0 Å². The number of amides is 1. The average Bonchev–Trinajstić information content (AvgIpc) is 2.70. The van der Waals surface area contributed by atoms with Gasteiger partial charge in [-0.05, 0) is 55.3 Å². The molecule has 156 valence electrons. The Morgan fingerprint density at radius 1 is 1.03 bits per heavy atom. The maximum atomic E-state index is 13.1. The standard InChI is InChI=1S/C21H27N3O4S/c1-15-5-6-17(13-16(15)2)22-21(25)19-14-18(29(26,27)23(3)4)7-8-20(19)24-9-11-28-12-10-24/h5-8,13-14H,9-12H2,1-4H3,(H,22,25). The Bertz CT molecular complexity index is 1010. The van der Waals surface area contributed by atoms with Gasteiger partial charge in [-0.1, -0.05) is 6.07 Å². The van der Waals surface area contributed by atoms with Crippen molar-refractivity contribution in [1.29, 1.82) is 0 Å². The van der Waals surface area contributed by atoms with Crippen LogP contribution < -0.4 is 10.2 Å². The second-order valence-electron chi connectivity index (χ2n) is 7.32. The summed E-state index contributed by atoms with van der Waals surface area (Å²) in [4.78, 5) is 15.3. The van der Waals surface area contributed by atoms with E-state index in [9.17, 15) is 13.2 Å². The Morgan fingerprint density at radius 2 is 1.72 bits per heavy atom. The molecule has 1 saturated heterocycles. The highest BCUT2D eigenvalue weighted by molar-refractivity contribution is 7.89. The molecule has 0 atom stereocenters. The van der Waals surface area contributed by atoms with Crippen LogP contribution in [-0.2, 0) is 14.8 Å². The maximum Gasteiger partial charge on any atom is 0.257 e. The number of nitrogens with one attached hydrogen (secondary N) is 1. The fourth-order valence-electron chi connectivity index (χ4n) is 3.17. The van der Waals surface area contributed by atoms with E-state index < -0.39 is 10.0 Å². The van der Waals surface area contributed by atoms with Crippen molar-refractivity contribution in [2.24, 2.45) is 0 Å². The number of carbonyl (C=O) groups is 1. The van der Waals surface area contributed by atoms with Crippen LogP contribution in [0.4, 0.5) is 11.4 Å². The van der Waals surface area contributed by atoms with E-state index >= 15 is 0 Å². The molecule has 1 fully saturated rings. The van der Waals surface area contributed by atoms with E-state index in [0.29, 0.717) is 43.2 Å². The van der Waals surface area contributed by atoms with Crippen LogP contribution in [0, 0.1) is 13.8 Å². The van der Waals surface area contributed by atoms with E-state index in [1.165, 1.54) is 20.2 Å². The SMILES string of the molecule is Cc1ccc(NC(=O)c2cc(S(=O)(=O)N(C)C)ccc2N2CCOCC2)cc1C. The smallest absolute Gasteiger partial charge is 0.257 e. The van der Waals surface area contributed by atoms with Crippen molar-refractivity contribution < 1.29 is 17.9 Å². The number of aryl methyl sites for hydroxylation is 2. The van der Waals surface area contributed by atoms with Crippen molar-refractivity contribution in [3.05, 3.63) is 53.1 Å². The number of anilines is 2. The largest absolute Gasteiger partial charge is 0.378 e. The molecule has 2 aromatic carbocycles. The van der Waals surface area contributed by atoms with Crippen LogP contribution in [0.3, 0.4) is 0 Å². The van der Waals surface area contributed by atoms with Crippen LogP contribution in [-0.4, -0.2) is 59.0 Å². The lowest BCUT2D eigenvalue weighted by Crippen LogP contribution is -2.37. The number of hydrogen-bond acceptors (Lipinski definition) is 5. The molecular formula is C21H27N3O4S. The van der Waals surface area contributed by atoms with Gasteiger partial charge in [-0.25, -0.2) is 12.7 Å². The third kappa shape index (κ3) is 4.60. The molecule has 1 aliphatic heterocycles. The summed E-state index contributed by atoms with van der Waals surface area (Å²) in [6.45, 7) is 6.40. The number of sulfonamides is 1. The zero-order valence-corrected chi connectivity index (χ0v) is 18.0. The van der Waals surface area contributed by atoms with Gasteiger partial charge < -0.3 is 15.0 Å². The molecule has 0 unspecified atom stereocenters. The number of carbonyl (C=O) groups excluding carboxylic acids is 1. The van der Waals surface area contributed by atoms with Crippen LogP contribution in [0.15, 0.2) is 41.3 Å². The summed E-state index contributed by atoms with van der Waals surface area (Å²) in [7, 11) is -0.711. The van der Waals surface area contributed by atoms with Gasteiger partial charge >= 0.3 is 0 Å². The highest BCUT2D eigenvalue weighted by atomic mass is 32.2. The fourth-order valence-corrected chi connectivity index (χ4v) is 4.09. The zero-order valence-electron chi connectivity index (χ0n) is 17.2. The Kier molecular flexibility index (Phi) is 6.26. The fraction of sp³-hybridized carbons (Fsp3) is 0.381. The van der Waals surface area contributed by atoms with Crippen LogP contribution in [0.5, 0.6) is 0 Å². The van der Waals surface area contributed by atoms with Crippen molar-refractivity contribution in [3.8, 4) is 0 Å². The number of nitrogens with zero attached hydrogens (tertiary/aromatic N) is 2. The molecule has 0 saturated carbocycles. The van der Waals surface area contributed by atoms with Crippen LogP contribution >= 0.6 is 0 Å². The highest BCUT2D eigenvalue weighted by Gasteiger charge is 2.24. The van der Waals surface area contributed by atoms with Crippen LogP contribution in [0.1, 0.15) is 21.5 Å². The summed E-state index contributed by atoms with van der Waals surface area (Å²) in [5.74, 6) is -0.342. The molecule has 0 aromatic heterocycles. The molecule has 0 radical (unpaired) electrons. The number of morpholine rings is 1. The van der Waals surface area contributed by atoms with Gasteiger partial charge in [0.15, 0.2) is 0 Å². The third-order valence-electron chi connectivity index (χ3n) is 5.11. The summed E-state index contributed by atoms with van der Waals surface area (Å²) in [6, 6.07) is 10.4. The second-order valence-corrected chi connectivity index (χ2v) is 9.47. The molecule has 29 heavy (non-hydrogen) atoms. The molecule has 1 N–H and O–H groups in total. The lowest BCUT2D eigenvalue weighted by Gasteiger charge is -2.30. The van der Waals surface area contributed by atoms with Crippen molar-refractivity contribution in [1.82, 2.24) is 4.31 Å². The molecule has 1 aliphatic rings. The van der Waals surface area contributed by atoms with E-state index in [1.54, 1.807) is 12.1 Å². The van der Waals surface area contributed by atoms with Gasteiger partial charge in [0.2, 0.25) is 10.0 Å². The monoisotopic (exact) mass is 417 g/mol. The number of rotatable bonds is 5. The van der Waals surface area contributed by atoms with Gasteiger partial charge in [-0.2, -0.15) is 0 Å². The molecule has 3 rings (SSSR count). The first-order chi connectivity index (χ1) is 13.7. The van der Waals surface area contributed by atoms with E-state index in [0.717, 1.165) is 15.4 Å². The van der Waals surface area contributed by atoms with E-state index in [4.69, 9.17) is 4.74 Å². The predicted molar refractivity (Wildman–Crippen MR) is 114 cm³/mol. The summed E-state index contributed by atoms with van der Waals surface area (Å²) in [5.41, 5.74) is 3.91. The second kappa shape index (κ2) is 8.52. The van der Waals surface area contributed by atoms with E-state index in [-0.39, 0.29) is 10.8 Å². The Balaban J connectivity index is 2.02. The lowest BCUT2D eigenvalue weighted by molar-refractivity contribution is 0.102. The van der Waals surface area contributed by atoms with Crippen LogP contribution in [0.2, 0.25) is 0 Å². The van der Waals surface area contributed by atoms with E-state index in [2.05, 4.69) is 5.32 Å². The van der Waals surface area contributed by atoms with Gasteiger partial charge in [-0.15, -0.1) is 0 Å². The van der Waals surface area contributed by atoms with Crippen molar-refractivity contribution in [2.45, 2.75) is 18.7 Å². The normalized spacial score (nSPS) is 14.9. The Hall–Kier alpha value is -2.42. The first kappa shape index (κ1) is 21.3. The Labute approximate surface area is 172 Å². The van der Waals surface area contributed by atoms with Gasteiger partial charge in [-0.3, -0.25) is 4.79 Å². The maximum absolute atomic E-state index is 13.1. The highest BCUT2D eigenvalue weighted by Crippen LogP contribution is 2.27. The van der Waals surface area contributed by atoms with Crippen LogP contribution in [0.25, 0.3) is 0 Å². The molecule has 7 nitrogen and oxygen atoms in total. The van der Waals surface area contributed by atoms with Gasteiger partial charge in [0.25, 0.3) is 5.91 Å². The Morgan fingerprint density at radius 3 is 2.34 bits per heavy atom. The van der Waals surface area contributed by atoms with E-state index in [1.807, 2.05) is 36.9 Å². The topological polar surface area (TPSA) is 79.0 Å². The first-order valence-electron chi connectivity index (χ1n) is 9.48. The average molecular weight is 418 g/mol. The molecular weight excluding hydrogens is 390 g/mol. The quantitative estimate of drug-likeness (QED) is 0.809. The third-order valence-corrected chi connectivity index (χ3v) is 6.92. The zero-order chi connectivity index (χ0) is 21.2. The predicted octanol–water partition coefficient (Wildman–Crippen LogP) is 2.64. The molecule has 1 amide bonds. The van der Waals surface area contributed by atoms with Gasteiger partial charge in [0.1, 0.15) is 0 Å². The lowest BCUT2D eigenvalue weighted by atomic mass is 10.1. The molecule has 0 aliphatic carbocycles. The number of ether oxygens (including phenoxy) is 1.